The number of carbonyl (C=O) groups excluding carboxylic acids is 1. The lowest BCUT2D eigenvalue weighted by atomic mass is 10.1. The fourth-order valence-corrected chi connectivity index (χ4v) is 2.21. The first-order valence-electron chi connectivity index (χ1n) is 7.36. The van der Waals surface area contributed by atoms with Crippen LogP contribution in [0.15, 0.2) is 0 Å². The van der Waals surface area contributed by atoms with Crippen molar-refractivity contribution in [2.24, 2.45) is 0 Å². The number of amides is 1. The first kappa shape index (κ1) is 17.9. The van der Waals surface area contributed by atoms with Crippen LogP contribution in [0, 0.1) is 0 Å². The van der Waals surface area contributed by atoms with Crippen molar-refractivity contribution in [2.45, 2.75) is 84.0 Å². The molecule has 0 atom stereocenters. The van der Waals surface area contributed by atoms with E-state index < -0.39 is 0 Å². The summed E-state index contributed by atoms with van der Waals surface area (Å²) in [5.74, 6) is -0.258. The van der Waals surface area contributed by atoms with Crippen LogP contribution in [0.25, 0.3) is 0 Å². The lowest BCUT2D eigenvalue weighted by molar-refractivity contribution is -0.143. The molecule has 0 unspecified atom stereocenters. The first-order valence-corrected chi connectivity index (χ1v) is 8.07. The largest absolute Gasteiger partial charge is 0.275 e. The summed E-state index contributed by atoms with van der Waals surface area (Å²) >= 11 is 2.71. The monoisotopic (exact) mass is 321 g/mol. The maximum Gasteiger partial charge on any atom is 0.256 e. The van der Waals surface area contributed by atoms with Gasteiger partial charge >= 0.3 is 0 Å². The summed E-state index contributed by atoms with van der Waals surface area (Å²) in [6.45, 7) is 2.25. The highest BCUT2D eigenvalue weighted by Gasteiger charge is 2.05. The average molecular weight is 322 g/mol. The van der Waals surface area contributed by atoms with Crippen molar-refractivity contribution in [3.8, 4) is 0 Å². The van der Waals surface area contributed by atoms with Crippen LogP contribution in [-0.4, -0.2) is 15.2 Å². The highest BCUT2D eigenvalue weighted by Crippen LogP contribution is 2.12. The molecule has 0 aliphatic carbocycles. The van der Waals surface area contributed by atoms with Gasteiger partial charge in [-0.25, -0.2) is 0 Å². The molecule has 0 spiro atoms. The zero-order valence-electron chi connectivity index (χ0n) is 11.7. The molecule has 0 saturated carbocycles. The molecule has 0 rings (SSSR count). The highest BCUT2D eigenvalue weighted by molar-refractivity contribution is 9.07. The molecule has 3 nitrogen and oxygen atoms in total. The summed E-state index contributed by atoms with van der Waals surface area (Å²) in [5.41, 5.74) is 0. The van der Waals surface area contributed by atoms with Crippen molar-refractivity contribution in [3.63, 3.8) is 0 Å². The van der Waals surface area contributed by atoms with Crippen LogP contribution in [0.1, 0.15) is 84.0 Å². The Morgan fingerprint density at radius 2 is 1.28 bits per heavy atom. The fourth-order valence-electron chi connectivity index (χ4n) is 2.03. The molecule has 0 aromatic carbocycles. The lowest BCUT2D eigenvalue weighted by Gasteiger charge is -2.05. The fraction of sp³-hybridized carbons (Fsp3) is 0.929. The summed E-state index contributed by atoms with van der Waals surface area (Å²) in [6, 6.07) is 0. The van der Waals surface area contributed by atoms with Gasteiger partial charge in [0.25, 0.3) is 5.91 Å². The maximum atomic E-state index is 11.0. The molecule has 0 radical (unpaired) electrons. The van der Waals surface area contributed by atoms with Gasteiger partial charge in [0.05, 0.1) is 16.1 Å². The molecule has 0 bridgehead atoms. The molecule has 18 heavy (non-hydrogen) atoms. The van der Waals surface area contributed by atoms with Gasteiger partial charge in [0.2, 0.25) is 0 Å². The minimum absolute atomic E-state index is 0.258. The summed E-state index contributed by atoms with van der Waals surface area (Å²) in [7, 11) is 0. The number of hydrogen-bond acceptors (Lipinski definition) is 2. The van der Waals surface area contributed by atoms with Gasteiger partial charge < -0.3 is 0 Å². The average Bonchev–Trinajstić information content (AvgIpc) is 2.35. The molecule has 0 aliphatic rings. The Bertz CT molecular complexity index is 198. The van der Waals surface area contributed by atoms with Gasteiger partial charge in [-0.1, -0.05) is 71.1 Å². The molecule has 108 valence electrons. The Morgan fingerprint density at radius 3 is 1.67 bits per heavy atom. The number of halogens is 1. The second-order valence-corrected chi connectivity index (χ2v) is 5.61. The van der Waals surface area contributed by atoms with E-state index in [9.17, 15) is 4.79 Å². The predicted molar refractivity (Wildman–Crippen MR) is 78.6 cm³/mol. The smallest absolute Gasteiger partial charge is 0.256 e. The molecular formula is C14H28BrNO2. The third-order valence-corrected chi connectivity index (χ3v) is 3.60. The molecule has 0 heterocycles. The standard InChI is InChI=1S/C14H28BrNO2/c1-2-3-4-5-6-7-8-9-10-11-12-13-14(17)16(15)18/h18H,2-13H2,1H3. The van der Waals surface area contributed by atoms with Gasteiger partial charge in [0.1, 0.15) is 0 Å². The van der Waals surface area contributed by atoms with Crippen molar-refractivity contribution in [1.82, 2.24) is 4.09 Å². The van der Waals surface area contributed by atoms with E-state index >= 15 is 0 Å². The third kappa shape index (κ3) is 12.4. The highest BCUT2D eigenvalue weighted by atomic mass is 79.9. The van der Waals surface area contributed by atoms with E-state index in [-0.39, 0.29) is 5.91 Å². The third-order valence-electron chi connectivity index (χ3n) is 3.20. The van der Waals surface area contributed by atoms with Gasteiger partial charge in [0, 0.05) is 6.42 Å². The number of carbonyl (C=O) groups is 1. The molecule has 1 N–H and O–H groups in total. The van der Waals surface area contributed by atoms with E-state index in [0.29, 0.717) is 10.5 Å². The Morgan fingerprint density at radius 1 is 0.889 bits per heavy atom. The normalized spacial score (nSPS) is 10.6. The minimum Gasteiger partial charge on any atom is -0.275 e. The van der Waals surface area contributed by atoms with Gasteiger partial charge in [-0.3, -0.25) is 10.0 Å². The first-order chi connectivity index (χ1) is 8.68. The van der Waals surface area contributed by atoms with Gasteiger partial charge in [-0.05, 0) is 6.42 Å². The number of hydrogen-bond donors (Lipinski definition) is 1. The quantitative estimate of drug-likeness (QED) is 0.232. The zero-order chi connectivity index (χ0) is 13.6. The van der Waals surface area contributed by atoms with E-state index in [4.69, 9.17) is 5.21 Å². The topological polar surface area (TPSA) is 40.5 Å². The van der Waals surface area contributed by atoms with Crippen molar-refractivity contribution < 1.29 is 10.0 Å². The Balaban J connectivity index is 3.05. The molecule has 1 amide bonds. The predicted octanol–water partition coefficient (Wildman–Crippen LogP) is 5.22. The molecular weight excluding hydrogens is 294 g/mol. The second kappa shape index (κ2) is 13.3. The van der Waals surface area contributed by atoms with Crippen LogP contribution >= 0.6 is 16.1 Å². The van der Waals surface area contributed by atoms with Crippen LogP contribution in [-0.2, 0) is 4.79 Å². The maximum absolute atomic E-state index is 11.0. The summed E-state index contributed by atoms with van der Waals surface area (Å²) < 4.78 is 0.503. The van der Waals surface area contributed by atoms with Gasteiger partial charge in [-0.15, -0.1) is 0 Å². The molecule has 0 saturated heterocycles. The molecule has 0 fully saturated rings. The van der Waals surface area contributed by atoms with Crippen molar-refractivity contribution in [3.05, 3.63) is 0 Å². The number of rotatable bonds is 12. The molecule has 0 aromatic heterocycles. The van der Waals surface area contributed by atoms with E-state index in [0.717, 1.165) is 12.8 Å². The van der Waals surface area contributed by atoms with Gasteiger partial charge in [-0.2, -0.15) is 4.09 Å². The van der Waals surface area contributed by atoms with Crippen molar-refractivity contribution in [2.75, 3.05) is 0 Å². The van der Waals surface area contributed by atoms with Crippen LogP contribution in [0.5, 0.6) is 0 Å². The Hall–Kier alpha value is -0.0900. The van der Waals surface area contributed by atoms with E-state index in [1.807, 2.05) is 0 Å². The number of nitrogens with zero attached hydrogens (tertiary/aromatic N) is 1. The summed E-state index contributed by atoms with van der Waals surface area (Å²) in [5, 5.41) is 8.78. The molecule has 0 aromatic rings. The van der Waals surface area contributed by atoms with Crippen molar-refractivity contribution in [1.29, 1.82) is 0 Å². The van der Waals surface area contributed by atoms with Crippen LogP contribution in [0.4, 0.5) is 0 Å². The van der Waals surface area contributed by atoms with Crippen LogP contribution in [0.3, 0.4) is 0 Å². The van der Waals surface area contributed by atoms with E-state index in [1.165, 1.54) is 57.8 Å². The minimum atomic E-state index is -0.258. The lowest BCUT2D eigenvalue weighted by Crippen LogP contribution is -2.15. The van der Waals surface area contributed by atoms with Crippen LogP contribution < -0.4 is 0 Å². The number of hydroxylamine groups is 1. The van der Waals surface area contributed by atoms with Crippen molar-refractivity contribution >= 4 is 22.1 Å². The van der Waals surface area contributed by atoms with Crippen LogP contribution in [0.2, 0.25) is 0 Å². The Labute approximate surface area is 120 Å². The second-order valence-electron chi connectivity index (χ2n) is 4.94. The molecule has 4 heteroatoms. The number of unbranched alkanes of at least 4 members (excludes halogenated alkanes) is 10. The Kier molecular flexibility index (Phi) is 13.3. The zero-order valence-corrected chi connectivity index (χ0v) is 13.3. The van der Waals surface area contributed by atoms with E-state index in [1.54, 1.807) is 0 Å². The van der Waals surface area contributed by atoms with E-state index in [2.05, 4.69) is 23.1 Å². The summed E-state index contributed by atoms with van der Waals surface area (Å²) in [6.07, 6.45) is 14.4. The molecule has 0 aliphatic heterocycles. The summed E-state index contributed by atoms with van der Waals surface area (Å²) in [4.78, 5) is 11.0. The SMILES string of the molecule is CCCCCCCCCCCCCC(=O)N(O)Br. The van der Waals surface area contributed by atoms with Gasteiger partial charge in [0.15, 0.2) is 0 Å².